The highest BCUT2D eigenvalue weighted by molar-refractivity contribution is 6.22. The molecule has 7 N–H and O–H groups in total. The second-order valence-corrected chi connectivity index (χ2v) is 16.7. The summed E-state index contributed by atoms with van der Waals surface area (Å²) in [7, 11) is 4.28. The SMILES string of the molecule is COC(=O)CC(CN)CC(F)(F)Cl.COc1ccc(CN2CC(C=C(F)F)CC2=O)c(OC)c1.NCC(CC(=O)O)CC(F)(F)Cl.O=C1CC(C=C(F)F)CN1.O=C1CC(CC(F)(F)Cl)CN1. The van der Waals surface area contributed by atoms with Gasteiger partial charge >= 0.3 is 28.1 Å². The van der Waals surface area contributed by atoms with Gasteiger partial charge in [-0.1, -0.05) is 0 Å². The molecule has 0 aromatic heterocycles. The van der Waals surface area contributed by atoms with Crippen LogP contribution in [0.4, 0.5) is 43.9 Å². The zero-order valence-corrected chi connectivity index (χ0v) is 38.7. The normalized spacial score (nSPS) is 18.6. The average Bonchev–Trinajstić information content (AvgIpc) is 3.90. The molecule has 14 nitrogen and oxygen atoms in total. The molecule has 1 aromatic carbocycles. The summed E-state index contributed by atoms with van der Waals surface area (Å²) in [6.07, 6.45) is -3.53. The van der Waals surface area contributed by atoms with E-state index < -0.39 is 77.3 Å². The number of likely N-dealkylation sites (tertiary alicyclic amines) is 1. The number of esters is 1. The Balaban J connectivity index is 0.000000840. The summed E-state index contributed by atoms with van der Waals surface area (Å²) >= 11 is 14.0. The number of benzene rings is 1. The summed E-state index contributed by atoms with van der Waals surface area (Å²) in [5.74, 6) is -3.34. The number of aliphatic carboxylic acids is 1. The van der Waals surface area contributed by atoms with E-state index in [0.29, 0.717) is 37.7 Å². The van der Waals surface area contributed by atoms with Crippen LogP contribution in [0.25, 0.3) is 0 Å². The van der Waals surface area contributed by atoms with E-state index >= 15 is 0 Å². The molecule has 384 valence electrons. The van der Waals surface area contributed by atoms with E-state index in [2.05, 4.69) is 38.6 Å². The van der Waals surface area contributed by atoms with Gasteiger partial charge in [-0.3, -0.25) is 24.0 Å². The Morgan fingerprint density at radius 3 is 1.72 bits per heavy atom. The van der Waals surface area contributed by atoms with E-state index in [4.69, 9.17) is 37.6 Å². The summed E-state index contributed by atoms with van der Waals surface area (Å²) in [4.78, 5) is 55.2. The van der Waals surface area contributed by atoms with Gasteiger partial charge in [-0.15, -0.1) is 0 Å². The van der Waals surface area contributed by atoms with Crippen molar-refractivity contribution in [3.8, 4) is 11.5 Å². The number of ether oxygens (including phenoxy) is 3. The van der Waals surface area contributed by atoms with Crippen LogP contribution in [0.2, 0.25) is 0 Å². The van der Waals surface area contributed by atoms with E-state index in [1.807, 2.05) is 6.07 Å². The molecule has 0 spiro atoms. The van der Waals surface area contributed by atoms with Crippen molar-refractivity contribution in [2.45, 2.75) is 74.1 Å². The first-order valence-corrected chi connectivity index (χ1v) is 21.0. The van der Waals surface area contributed by atoms with Crippen molar-refractivity contribution in [2.75, 3.05) is 54.1 Å². The number of rotatable bonds is 18. The molecule has 3 saturated heterocycles. The van der Waals surface area contributed by atoms with Crippen LogP contribution < -0.4 is 31.6 Å². The van der Waals surface area contributed by atoms with Crippen molar-refractivity contribution < 1.29 is 87.2 Å². The Labute approximate surface area is 395 Å². The molecule has 5 atom stereocenters. The zero-order valence-electron chi connectivity index (χ0n) is 36.4. The Kier molecular flexibility index (Phi) is 29.0. The lowest BCUT2D eigenvalue weighted by molar-refractivity contribution is -0.142. The number of methoxy groups -OCH3 is 3. The van der Waals surface area contributed by atoms with Gasteiger partial charge in [0.15, 0.2) is 0 Å². The number of nitrogens with one attached hydrogen (secondary N) is 2. The number of carbonyl (C=O) groups is 5. The molecule has 3 fully saturated rings. The highest BCUT2D eigenvalue weighted by Crippen LogP contribution is 2.32. The van der Waals surface area contributed by atoms with Gasteiger partial charge in [-0.2, -0.15) is 43.9 Å². The topological polar surface area (TPSA) is 213 Å². The summed E-state index contributed by atoms with van der Waals surface area (Å²) < 4.78 is 135. The summed E-state index contributed by atoms with van der Waals surface area (Å²) in [5, 5.41) is 3.35. The molecule has 0 radical (unpaired) electrons. The van der Waals surface area contributed by atoms with Crippen molar-refractivity contribution in [2.24, 2.45) is 41.1 Å². The van der Waals surface area contributed by atoms with Gasteiger partial charge in [0, 0.05) is 101 Å². The summed E-state index contributed by atoms with van der Waals surface area (Å²) in [6.45, 7) is 1.18. The molecule has 5 unspecified atom stereocenters. The van der Waals surface area contributed by atoms with Crippen LogP contribution in [0.1, 0.15) is 56.9 Å². The zero-order chi connectivity index (χ0) is 51.7. The first-order valence-electron chi connectivity index (χ1n) is 19.9. The van der Waals surface area contributed by atoms with Gasteiger partial charge in [0.25, 0.3) is 12.2 Å². The van der Waals surface area contributed by atoms with Crippen LogP contribution >= 0.6 is 34.8 Å². The molecule has 27 heteroatoms. The van der Waals surface area contributed by atoms with Gasteiger partial charge in [0.1, 0.15) is 11.5 Å². The van der Waals surface area contributed by atoms with Crippen LogP contribution in [-0.2, 0) is 35.3 Å². The molecule has 3 heterocycles. The third kappa shape index (κ3) is 31.4. The fraction of sp³-hybridized carbons (Fsp3) is 0.625. The highest BCUT2D eigenvalue weighted by Gasteiger charge is 2.34. The first-order chi connectivity index (χ1) is 30.9. The maximum atomic E-state index is 12.3. The number of alkyl halides is 9. The monoisotopic (exact) mass is 1040 g/mol. The molecular weight excluding hydrogens is 991 g/mol. The second kappa shape index (κ2) is 31.0. The van der Waals surface area contributed by atoms with Crippen LogP contribution in [0.3, 0.4) is 0 Å². The van der Waals surface area contributed by atoms with Gasteiger partial charge in [0.2, 0.25) is 17.7 Å². The molecular formula is C40H54Cl3F10N5O9. The van der Waals surface area contributed by atoms with Crippen LogP contribution in [0.5, 0.6) is 11.5 Å². The largest absolute Gasteiger partial charge is 0.497 e. The minimum atomic E-state index is -3.36. The predicted molar refractivity (Wildman–Crippen MR) is 226 cm³/mol. The maximum absolute atomic E-state index is 12.3. The first kappa shape index (κ1) is 62.7. The number of carboxylic acids is 1. The summed E-state index contributed by atoms with van der Waals surface area (Å²) in [6, 6.07) is 5.31. The number of hydrogen-bond acceptors (Lipinski definition) is 10. The van der Waals surface area contributed by atoms with Gasteiger partial charge in [-0.25, -0.2) is 0 Å². The average molecular weight is 1050 g/mol. The number of amides is 3. The highest BCUT2D eigenvalue weighted by atomic mass is 35.5. The Morgan fingerprint density at radius 2 is 1.31 bits per heavy atom. The molecule has 4 rings (SSSR count). The molecule has 67 heavy (non-hydrogen) atoms. The molecule has 1 aromatic rings. The minimum absolute atomic E-state index is 0.0165. The number of carboxylic acid groups (broad SMARTS) is 1. The van der Waals surface area contributed by atoms with Crippen molar-refractivity contribution in [3.05, 3.63) is 48.1 Å². The van der Waals surface area contributed by atoms with Crippen LogP contribution in [-0.4, -0.2) is 110 Å². The lowest BCUT2D eigenvalue weighted by Crippen LogP contribution is -2.24. The van der Waals surface area contributed by atoms with Crippen molar-refractivity contribution in [1.29, 1.82) is 0 Å². The number of hydrogen-bond donors (Lipinski definition) is 5. The van der Waals surface area contributed by atoms with Crippen LogP contribution in [0.15, 0.2) is 42.5 Å². The van der Waals surface area contributed by atoms with Crippen LogP contribution in [0, 0.1) is 29.6 Å². The lowest BCUT2D eigenvalue weighted by Gasteiger charge is -2.18. The maximum Gasteiger partial charge on any atom is 0.322 e. The quantitative estimate of drug-likeness (QED) is 0.0547. The molecule has 0 aliphatic carbocycles. The Bertz CT molecular complexity index is 1780. The molecule has 0 bridgehead atoms. The predicted octanol–water partition coefficient (Wildman–Crippen LogP) is 7.68. The number of nitrogens with two attached hydrogens (primary N) is 2. The minimum Gasteiger partial charge on any atom is -0.497 e. The van der Waals surface area contributed by atoms with E-state index in [1.54, 1.807) is 24.1 Å². The van der Waals surface area contributed by atoms with E-state index in [0.717, 1.165) is 17.7 Å². The fourth-order valence-corrected chi connectivity index (χ4v) is 6.85. The molecule has 3 aliphatic heterocycles. The Hall–Kier alpha value is -4.26. The van der Waals surface area contributed by atoms with E-state index in [-0.39, 0.29) is 74.8 Å². The Morgan fingerprint density at radius 1 is 0.791 bits per heavy atom. The lowest BCUT2D eigenvalue weighted by atomic mass is 10.0. The van der Waals surface area contributed by atoms with Crippen molar-refractivity contribution in [1.82, 2.24) is 15.5 Å². The van der Waals surface area contributed by atoms with E-state index in [1.165, 1.54) is 14.2 Å². The molecule has 3 amide bonds. The smallest absolute Gasteiger partial charge is 0.322 e. The van der Waals surface area contributed by atoms with E-state index in [9.17, 15) is 67.9 Å². The second-order valence-electron chi connectivity index (χ2n) is 15.0. The standard InChI is InChI=1S/C15H17F2NO3.C7H12ClF2NO2.C6H10ClF2NO2.C6H8ClF2NO.C6H7F2NO/c1-20-12-4-3-11(13(7-12)21-2)9-18-8-10(5-14(16)17)6-15(18)19;1-13-6(12)2-5(4-11)3-7(8,9)10;7-6(8,9)2-4(3-10)1-5(11)12;7-6(8,9)2-4-1-5(11)10-3-4;7-5(8)1-4-2-6(10)9-3-4/h3-5,7,10H,6,8-9H2,1-2H3;5H,2-4,11H2,1H3;4H,1-3,10H2,(H,11,12);4H,1-3H2,(H,10,11);1,4H,2-3H2,(H,9,10). The molecule has 0 saturated carbocycles. The van der Waals surface area contributed by atoms with Crippen molar-refractivity contribution >= 4 is 64.5 Å². The van der Waals surface area contributed by atoms with Crippen molar-refractivity contribution in [3.63, 3.8) is 0 Å². The molecule has 3 aliphatic rings. The number of nitrogens with zero attached hydrogens (tertiary/aromatic N) is 1. The number of carbonyl (C=O) groups excluding carboxylic acids is 4. The number of halogens is 13. The van der Waals surface area contributed by atoms with Gasteiger partial charge < -0.3 is 46.3 Å². The fourth-order valence-electron chi connectivity index (χ4n) is 6.19. The summed E-state index contributed by atoms with van der Waals surface area (Å²) in [5.41, 5.74) is 11.1. The van der Waals surface area contributed by atoms with Gasteiger partial charge in [-0.05, 0) is 89.9 Å². The van der Waals surface area contributed by atoms with Gasteiger partial charge in [0.05, 0.1) is 21.3 Å². The third-order valence-electron chi connectivity index (χ3n) is 9.27. The third-order valence-corrected chi connectivity index (χ3v) is 9.73.